The number of carbonyl (C=O) groups excluding carboxylic acids is 1. The molecule has 26 heavy (non-hydrogen) atoms. The Hall–Kier alpha value is -2.67. The third kappa shape index (κ3) is 4.70. The van der Waals surface area contributed by atoms with Crippen LogP contribution >= 0.6 is 11.8 Å². The molecule has 4 nitrogen and oxygen atoms in total. The van der Waals surface area contributed by atoms with Gasteiger partial charge in [0.15, 0.2) is 5.82 Å². The summed E-state index contributed by atoms with van der Waals surface area (Å²) in [4.78, 5) is 12.2. The predicted molar refractivity (Wildman–Crippen MR) is 97.0 cm³/mol. The van der Waals surface area contributed by atoms with Crippen molar-refractivity contribution in [2.24, 2.45) is 0 Å². The lowest BCUT2D eigenvalue weighted by molar-refractivity contribution is -0.113. The molecule has 0 bridgehead atoms. The Morgan fingerprint density at radius 2 is 1.62 bits per heavy atom. The molecule has 0 unspecified atom stereocenters. The first-order valence-corrected chi connectivity index (χ1v) is 8.92. The topological polar surface area (TPSA) is 55.1 Å². The van der Waals surface area contributed by atoms with E-state index in [9.17, 15) is 13.6 Å². The Morgan fingerprint density at radius 1 is 1.08 bits per heavy atom. The summed E-state index contributed by atoms with van der Waals surface area (Å²) in [5.41, 5.74) is 1.65. The first kappa shape index (κ1) is 18.1. The second-order valence-electron chi connectivity index (χ2n) is 5.67. The first-order chi connectivity index (χ1) is 12.5. The Labute approximate surface area is 153 Å². The van der Waals surface area contributed by atoms with Crippen LogP contribution in [-0.2, 0) is 4.79 Å². The zero-order valence-electron chi connectivity index (χ0n) is 13.9. The van der Waals surface area contributed by atoms with Gasteiger partial charge in [0.1, 0.15) is 17.4 Å². The van der Waals surface area contributed by atoms with Crippen molar-refractivity contribution in [3.8, 4) is 0 Å². The van der Waals surface area contributed by atoms with Crippen LogP contribution in [-0.4, -0.2) is 16.8 Å². The van der Waals surface area contributed by atoms with Gasteiger partial charge in [-0.3, -0.25) is 4.79 Å². The number of aryl methyl sites for hydroxylation is 1. The maximum atomic E-state index is 13.2. The quantitative estimate of drug-likeness (QED) is 0.678. The Balaban J connectivity index is 1.74. The van der Waals surface area contributed by atoms with Crippen molar-refractivity contribution in [3.63, 3.8) is 0 Å². The first-order valence-electron chi connectivity index (χ1n) is 7.87. The van der Waals surface area contributed by atoms with Crippen LogP contribution in [0.15, 0.2) is 59.1 Å². The summed E-state index contributed by atoms with van der Waals surface area (Å²) >= 11 is 1.36. The molecule has 1 amide bonds. The average Bonchev–Trinajstić information content (AvgIpc) is 3.03. The number of halogens is 2. The van der Waals surface area contributed by atoms with Crippen LogP contribution < -0.4 is 5.32 Å². The van der Waals surface area contributed by atoms with E-state index in [4.69, 9.17) is 4.52 Å². The van der Waals surface area contributed by atoms with Crippen LogP contribution in [0.3, 0.4) is 0 Å². The summed E-state index contributed by atoms with van der Waals surface area (Å²) in [6, 6.07) is 13.7. The standard InChI is InChI=1S/C19H16F2N2O2S/c1-12-10-17(23-25-12)22-18(24)11-26-19(13-2-6-15(20)7-3-13)14-4-8-16(21)9-5-14/h2-10,19H,11H2,1H3,(H,22,23,24). The molecule has 0 aliphatic heterocycles. The monoisotopic (exact) mass is 374 g/mol. The van der Waals surface area contributed by atoms with E-state index in [1.165, 1.54) is 36.0 Å². The van der Waals surface area contributed by atoms with Crippen molar-refractivity contribution >= 4 is 23.5 Å². The van der Waals surface area contributed by atoms with Gasteiger partial charge in [0, 0.05) is 6.07 Å². The van der Waals surface area contributed by atoms with Crippen molar-refractivity contribution in [2.75, 3.05) is 11.1 Å². The molecule has 3 rings (SSSR count). The molecule has 0 saturated carbocycles. The highest BCUT2D eigenvalue weighted by atomic mass is 32.2. The number of nitrogens with one attached hydrogen (secondary N) is 1. The summed E-state index contributed by atoms with van der Waals surface area (Å²) < 4.78 is 31.4. The normalized spacial score (nSPS) is 10.9. The van der Waals surface area contributed by atoms with E-state index >= 15 is 0 Å². The molecule has 0 aliphatic carbocycles. The van der Waals surface area contributed by atoms with E-state index < -0.39 is 0 Å². The molecule has 0 radical (unpaired) electrons. The third-order valence-corrected chi connectivity index (χ3v) is 4.93. The maximum absolute atomic E-state index is 13.2. The van der Waals surface area contributed by atoms with Crippen molar-refractivity contribution < 1.29 is 18.1 Å². The van der Waals surface area contributed by atoms with Gasteiger partial charge in [0.25, 0.3) is 0 Å². The largest absolute Gasteiger partial charge is 0.360 e. The maximum Gasteiger partial charge on any atom is 0.235 e. The van der Waals surface area contributed by atoms with Crippen molar-refractivity contribution in [2.45, 2.75) is 12.2 Å². The minimum atomic E-state index is -0.337. The number of benzene rings is 2. The van der Waals surface area contributed by atoms with Crippen LogP contribution in [0.4, 0.5) is 14.6 Å². The number of thioether (sulfide) groups is 1. The minimum absolute atomic E-state index is 0.144. The molecule has 7 heteroatoms. The van der Waals surface area contributed by atoms with E-state index in [1.807, 2.05) is 0 Å². The second-order valence-corrected chi connectivity index (χ2v) is 6.76. The van der Waals surface area contributed by atoms with E-state index in [0.717, 1.165) is 11.1 Å². The number of amides is 1. The van der Waals surface area contributed by atoms with E-state index in [0.29, 0.717) is 11.6 Å². The fourth-order valence-electron chi connectivity index (χ4n) is 2.42. The lowest BCUT2D eigenvalue weighted by Gasteiger charge is -2.17. The summed E-state index contributed by atoms with van der Waals surface area (Å²) in [6.07, 6.45) is 0. The summed E-state index contributed by atoms with van der Waals surface area (Å²) in [6.45, 7) is 1.73. The average molecular weight is 374 g/mol. The number of hydrogen-bond acceptors (Lipinski definition) is 4. The number of nitrogens with zero attached hydrogens (tertiary/aromatic N) is 1. The van der Waals surface area contributed by atoms with Crippen LogP contribution in [0.25, 0.3) is 0 Å². The SMILES string of the molecule is Cc1cc(NC(=O)CSC(c2ccc(F)cc2)c2ccc(F)cc2)no1. The Morgan fingerprint density at radius 3 is 2.08 bits per heavy atom. The molecule has 0 spiro atoms. The number of aromatic nitrogens is 1. The Bertz CT molecular complexity index is 834. The van der Waals surface area contributed by atoms with Crippen LogP contribution in [0.5, 0.6) is 0 Å². The number of hydrogen-bond donors (Lipinski definition) is 1. The van der Waals surface area contributed by atoms with E-state index in [1.54, 1.807) is 37.3 Å². The zero-order valence-corrected chi connectivity index (χ0v) is 14.7. The molecule has 0 atom stereocenters. The van der Waals surface area contributed by atoms with Gasteiger partial charge < -0.3 is 9.84 Å². The highest BCUT2D eigenvalue weighted by Gasteiger charge is 2.17. The minimum Gasteiger partial charge on any atom is -0.360 e. The smallest absolute Gasteiger partial charge is 0.235 e. The molecule has 1 aromatic heterocycles. The van der Waals surface area contributed by atoms with Crippen molar-refractivity contribution in [3.05, 3.63) is 83.1 Å². The second kappa shape index (κ2) is 8.14. The predicted octanol–water partition coefficient (Wildman–Crippen LogP) is 4.72. The zero-order chi connectivity index (χ0) is 18.5. The molecule has 2 aromatic carbocycles. The third-order valence-electron chi connectivity index (χ3n) is 3.62. The lowest BCUT2D eigenvalue weighted by Crippen LogP contribution is -2.15. The van der Waals surface area contributed by atoms with Gasteiger partial charge in [-0.25, -0.2) is 8.78 Å². The molecule has 1 heterocycles. The molecular weight excluding hydrogens is 358 g/mol. The van der Waals surface area contributed by atoms with Gasteiger partial charge in [-0.2, -0.15) is 0 Å². The van der Waals surface area contributed by atoms with Crippen LogP contribution in [0.1, 0.15) is 22.1 Å². The van der Waals surface area contributed by atoms with Gasteiger partial charge >= 0.3 is 0 Å². The van der Waals surface area contributed by atoms with Crippen molar-refractivity contribution in [1.29, 1.82) is 0 Å². The number of anilines is 1. The molecule has 134 valence electrons. The van der Waals surface area contributed by atoms with Crippen LogP contribution in [0.2, 0.25) is 0 Å². The summed E-state index contributed by atoms with van der Waals surface area (Å²) in [7, 11) is 0. The van der Waals surface area contributed by atoms with Gasteiger partial charge in [-0.1, -0.05) is 29.4 Å². The van der Waals surface area contributed by atoms with Crippen LogP contribution in [0, 0.1) is 18.6 Å². The molecular formula is C19H16F2N2O2S. The van der Waals surface area contributed by atoms with E-state index in [-0.39, 0.29) is 28.5 Å². The molecule has 1 N–H and O–H groups in total. The molecule has 0 saturated heterocycles. The lowest BCUT2D eigenvalue weighted by atomic mass is 10.0. The Kier molecular flexibility index (Phi) is 5.68. The fourth-order valence-corrected chi connectivity index (χ4v) is 3.51. The molecule has 3 aromatic rings. The van der Waals surface area contributed by atoms with Gasteiger partial charge in [-0.15, -0.1) is 11.8 Å². The van der Waals surface area contributed by atoms with Gasteiger partial charge in [0.2, 0.25) is 5.91 Å². The highest BCUT2D eigenvalue weighted by molar-refractivity contribution is 8.00. The highest BCUT2D eigenvalue weighted by Crippen LogP contribution is 2.35. The van der Waals surface area contributed by atoms with E-state index in [2.05, 4.69) is 10.5 Å². The van der Waals surface area contributed by atoms with Crippen molar-refractivity contribution in [1.82, 2.24) is 5.16 Å². The molecule has 0 fully saturated rings. The summed E-state index contributed by atoms with van der Waals surface area (Å²) in [5.74, 6) is 0.186. The molecule has 0 aliphatic rings. The number of carbonyl (C=O) groups is 1. The number of rotatable bonds is 6. The van der Waals surface area contributed by atoms with Gasteiger partial charge in [0.05, 0.1) is 11.0 Å². The van der Waals surface area contributed by atoms with Gasteiger partial charge in [-0.05, 0) is 42.3 Å². The fraction of sp³-hybridized carbons (Fsp3) is 0.158. The summed E-state index contributed by atoms with van der Waals surface area (Å²) in [5, 5.41) is 6.14.